The van der Waals surface area contributed by atoms with E-state index in [2.05, 4.69) is 6.92 Å². The van der Waals surface area contributed by atoms with E-state index < -0.39 is 0 Å². The highest BCUT2D eigenvalue weighted by Crippen LogP contribution is 2.12. The Morgan fingerprint density at radius 2 is 1.92 bits per heavy atom. The highest BCUT2D eigenvalue weighted by molar-refractivity contribution is 4.65. The number of methoxy groups -OCH3 is 1. The van der Waals surface area contributed by atoms with Gasteiger partial charge in [-0.1, -0.05) is 38.8 Å². The first-order valence-corrected chi connectivity index (χ1v) is 5.41. The summed E-state index contributed by atoms with van der Waals surface area (Å²) in [4.78, 5) is 0. The lowest BCUT2D eigenvalue weighted by atomic mass is 10.1. The van der Waals surface area contributed by atoms with Gasteiger partial charge in [-0.25, -0.2) is 0 Å². The molecule has 0 aliphatic carbocycles. The lowest BCUT2D eigenvalue weighted by Gasteiger charge is -2.14. The van der Waals surface area contributed by atoms with Gasteiger partial charge in [0, 0.05) is 7.11 Å². The normalized spacial score (nSPS) is 12.8. The van der Waals surface area contributed by atoms with Gasteiger partial charge < -0.3 is 4.74 Å². The molecule has 0 bridgehead atoms. The highest BCUT2D eigenvalue weighted by Gasteiger charge is 2.05. The summed E-state index contributed by atoms with van der Waals surface area (Å²) in [7, 11) is 1.81. The topological polar surface area (TPSA) is 9.23 Å². The van der Waals surface area contributed by atoms with Gasteiger partial charge in [0.1, 0.15) is 0 Å². The first kappa shape index (κ1) is 12.7. The van der Waals surface area contributed by atoms with Crippen LogP contribution in [0.2, 0.25) is 0 Å². The third-order valence-corrected chi connectivity index (χ3v) is 2.36. The van der Waals surface area contributed by atoms with Gasteiger partial charge in [-0.2, -0.15) is 0 Å². The molecule has 0 saturated heterocycles. The van der Waals surface area contributed by atoms with E-state index in [-0.39, 0.29) is 0 Å². The average Bonchev–Trinajstić information content (AvgIpc) is 2.16. The zero-order chi connectivity index (χ0) is 9.94. The van der Waals surface area contributed by atoms with Crippen LogP contribution in [0.1, 0.15) is 51.9 Å². The Hall–Kier alpha value is -0.300. The van der Waals surface area contributed by atoms with Gasteiger partial charge in [0.2, 0.25) is 0 Å². The van der Waals surface area contributed by atoms with Crippen molar-refractivity contribution in [2.75, 3.05) is 7.11 Å². The lowest BCUT2D eigenvalue weighted by molar-refractivity contribution is 0.0842. The van der Waals surface area contributed by atoms with Crippen LogP contribution in [0.15, 0.2) is 6.08 Å². The van der Waals surface area contributed by atoms with Crippen LogP contribution in [0.4, 0.5) is 0 Å². The maximum atomic E-state index is 5.39. The SMILES string of the molecule is [CH]=CCCCC(CCCCC)OC. The third-order valence-electron chi connectivity index (χ3n) is 2.36. The van der Waals surface area contributed by atoms with Gasteiger partial charge in [-0.15, -0.1) is 0 Å². The zero-order valence-corrected chi connectivity index (χ0v) is 9.09. The molecular weight excluding hydrogens is 160 g/mol. The first-order chi connectivity index (χ1) is 6.35. The van der Waals surface area contributed by atoms with Crippen molar-refractivity contribution in [3.63, 3.8) is 0 Å². The number of allylic oxidation sites excluding steroid dienone is 1. The quantitative estimate of drug-likeness (QED) is 0.495. The van der Waals surface area contributed by atoms with Gasteiger partial charge in [0.05, 0.1) is 6.10 Å². The van der Waals surface area contributed by atoms with Gasteiger partial charge in [0.25, 0.3) is 0 Å². The van der Waals surface area contributed by atoms with Crippen LogP contribution in [-0.4, -0.2) is 13.2 Å². The van der Waals surface area contributed by atoms with Crippen LogP contribution in [0.3, 0.4) is 0 Å². The molecule has 0 fully saturated rings. The summed E-state index contributed by atoms with van der Waals surface area (Å²) in [6.45, 7) is 7.54. The van der Waals surface area contributed by atoms with Crippen LogP contribution >= 0.6 is 0 Å². The summed E-state index contributed by atoms with van der Waals surface area (Å²) in [6.07, 6.45) is 10.6. The van der Waals surface area contributed by atoms with E-state index in [0.29, 0.717) is 6.10 Å². The minimum absolute atomic E-state index is 0.450. The van der Waals surface area contributed by atoms with E-state index in [1.54, 1.807) is 6.08 Å². The van der Waals surface area contributed by atoms with Crippen molar-refractivity contribution in [3.8, 4) is 0 Å². The zero-order valence-electron chi connectivity index (χ0n) is 9.09. The molecule has 1 heteroatoms. The average molecular weight is 183 g/mol. The Kier molecular flexibility index (Phi) is 9.56. The molecule has 0 rings (SSSR count). The monoisotopic (exact) mass is 183 g/mol. The van der Waals surface area contributed by atoms with Crippen LogP contribution in [0, 0.1) is 6.58 Å². The summed E-state index contributed by atoms with van der Waals surface area (Å²) >= 11 is 0. The Morgan fingerprint density at radius 1 is 1.23 bits per heavy atom. The molecule has 0 N–H and O–H groups in total. The molecule has 0 aromatic rings. The van der Waals surface area contributed by atoms with Crippen molar-refractivity contribution in [1.82, 2.24) is 0 Å². The molecule has 0 aliphatic heterocycles. The van der Waals surface area contributed by atoms with Crippen molar-refractivity contribution < 1.29 is 4.74 Å². The summed E-state index contributed by atoms with van der Waals surface area (Å²) in [5.41, 5.74) is 0. The Balaban J connectivity index is 3.33. The van der Waals surface area contributed by atoms with Crippen molar-refractivity contribution >= 4 is 0 Å². The van der Waals surface area contributed by atoms with Crippen molar-refractivity contribution in [2.24, 2.45) is 0 Å². The van der Waals surface area contributed by atoms with E-state index >= 15 is 0 Å². The van der Waals surface area contributed by atoms with Crippen LogP contribution in [0.25, 0.3) is 0 Å². The van der Waals surface area contributed by atoms with E-state index in [1.807, 2.05) is 7.11 Å². The van der Waals surface area contributed by atoms with Crippen LogP contribution in [-0.2, 0) is 4.74 Å². The fourth-order valence-corrected chi connectivity index (χ4v) is 1.47. The standard InChI is InChI=1S/C12H23O/c1-4-6-8-10-12(13-3)11-9-7-5-2/h1,4,12H,5-11H2,2-3H3. The van der Waals surface area contributed by atoms with Gasteiger partial charge >= 0.3 is 0 Å². The summed E-state index contributed by atoms with van der Waals surface area (Å²) in [5.74, 6) is 0. The fraction of sp³-hybridized carbons (Fsp3) is 0.833. The van der Waals surface area contributed by atoms with E-state index in [9.17, 15) is 0 Å². The Bertz CT molecular complexity index is 110. The smallest absolute Gasteiger partial charge is 0.0571 e. The molecule has 1 nitrogen and oxygen atoms in total. The van der Waals surface area contributed by atoms with Crippen molar-refractivity contribution in [3.05, 3.63) is 12.7 Å². The Morgan fingerprint density at radius 3 is 2.46 bits per heavy atom. The first-order valence-electron chi connectivity index (χ1n) is 5.41. The maximum absolute atomic E-state index is 5.39. The summed E-state index contributed by atoms with van der Waals surface area (Å²) < 4.78 is 5.39. The minimum atomic E-state index is 0.450. The molecular formula is C12H23O. The molecule has 0 aromatic heterocycles. The molecule has 0 amide bonds. The van der Waals surface area contributed by atoms with Crippen molar-refractivity contribution in [2.45, 2.75) is 58.0 Å². The second-order valence-corrected chi connectivity index (χ2v) is 3.52. The minimum Gasteiger partial charge on any atom is -0.381 e. The highest BCUT2D eigenvalue weighted by atomic mass is 16.5. The molecule has 0 aromatic carbocycles. The van der Waals surface area contributed by atoms with Gasteiger partial charge in [-0.3, -0.25) is 0 Å². The molecule has 0 saturated carbocycles. The second-order valence-electron chi connectivity index (χ2n) is 3.52. The Labute approximate surface area is 83.2 Å². The molecule has 0 spiro atoms. The number of hydrogen-bond acceptors (Lipinski definition) is 1. The third kappa shape index (κ3) is 8.04. The van der Waals surface area contributed by atoms with Gasteiger partial charge in [-0.05, 0) is 25.7 Å². The molecule has 0 aliphatic rings. The molecule has 1 atom stereocenters. The largest absolute Gasteiger partial charge is 0.381 e. The van der Waals surface area contributed by atoms with Crippen LogP contribution < -0.4 is 0 Å². The summed E-state index contributed by atoms with van der Waals surface area (Å²) in [6, 6.07) is 0. The second kappa shape index (κ2) is 9.79. The molecule has 77 valence electrons. The molecule has 1 unspecified atom stereocenters. The number of hydrogen-bond donors (Lipinski definition) is 0. The predicted molar refractivity (Wildman–Crippen MR) is 57.7 cm³/mol. The molecule has 13 heavy (non-hydrogen) atoms. The van der Waals surface area contributed by atoms with E-state index in [4.69, 9.17) is 11.3 Å². The number of rotatable bonds is 9. The molecule has 0 heterocycles. The van der Waals surface area contributed by atoms with Crippen molar-refractivity contribution in [1.29, 1.82) is 0 Å². The van der Waals surface area contributed by atoms with Gasteiger partial charge in [0.15, 0.2) is 0 Å². The fourth-order valence-electron chi connectivity index (χ4n) is 1.47. The lowest BCUT2D eigenvalue weighted by Crippen LogP contribution is -2.09. The van der Waals surface area contributed by atoms with E-state index in [0.717, 1.165) is 19.3 Å². The number of unbranched alkanes of at least 4 members (excludes halogenated alkanes) is 3. The number of ether oxygens (including phenoxy) is 1. The van der Waals surface area contributed by atoms with E-state index in [1.165, 1.54) is 25.7 Å². The summed E-state index contributed by atoms with van der Waals surface area (Å²) in [5, 5.41) is 0. The predicted octanol–water partition coefficient (Wildman–Crippen LogP) is 3.74. The van der Waals surface area contributed by atoms with Crippen LogP contribution in [0.5, 0.6) is 0 Å². The molecule has 1 radical (unpaired) electrons. The maximum Gasteiger partial charge on any atom is 0.0571 e.